The summed E-state index contributed by atoms with van der Waals surface area (Å²) in [5, 5.41) is 2.77. The summed E-state index contributed by atoms with van der Waals surface area (Å²) in [7, 11) is 0. The summed E-state index contributed by atoms with van der Waals surface area (Å²) in [6.45, 7) is 3.54. The van der Waals surface area contributed by atoms with Crippen LogP contribution in [0.1, 0.15) is 28.8 Å². The smallest absolute Gasteiger partial charge is 0.262 e. The highest BCUT2D eigenvalue weighted by Crippen LogP contribution is 2.25. The van der Waals surface area contributed by atoms with Crippen molar-refractivity contribution in [3.8, 4) is 5.75 Å². The zero-order valence-corrected chi connectivity index (χ0v) is 16.2. The third kappa shape index (κ3) is 4.64. The van der Waals surface area contributed by atoms with Gasteiger partial charge in [0.25, 0.3) is 11.8 Å². The number of likely N-dealkylation sites (tertiary alicyclic amines) is 1. The van der Waals surface area contributed by atoms with Gasteiger partial charge in [0.2, 0.25) is 0 Å². The minimum atomic E-state index is -0.254. The van der Waals surface area contributed by atoms with Crippen LogP contribution in [0.3, 0.4) is 0 Å². The van der Waals surface area contributed by atoms with Gasteiger partial charge in [-0.25, -0.2) is 0 Å². The van der Waals surface area contributed by atoms with Gasteiger partial charge in [0.05, 0.1) is 4.47 Å². The van der Waals surface area contributed by atoms with Gasteiger partial charge in [-0.2, -0.15) is 0 Å². The quantitative estimate of drug-likeness (QED) is 0.800. The van der Waals surface area contributed by atoms with Gasteiger partial charge in [-0.3, -0.25) is 9.59 Å². The van der Waals surface area contributed by atoms with Gasteiger partial charge in [0.15, 0.2) is 6.61 Å². The molecule has 0 unspecified atom stereocenters. The summed E-state index contributed by atoms with van der Waals surface area (Å²) in [6.07, 6.45) is 2.13. The minimum absolute atomic E-state index is 0.0490. The Morgan fingerprint density at radius 2 is 1.81 bits per heavy atom. The molecule has 0 bridgehead atoms. The van der Waals surface area contributed by atoms with E-state index in [2.05, 4.69) is 21.2 Å². The van der Waals surface area contributed by atoms with Gasteiger partial charge in [-0.05, 0) is 77.7 Å². The van der Waals surface area contributed by atoms with E-state index in [0.29, 0.717) is 17.0 Å². The van der Waals surface area contributed by atoms with E-state index in [1.54, 1.807) is 24.3 Å². The molecule has 3 rings (SSSR count). The van der Waals surface area contributed by atoms with Crippen LogP contribution < -0.4 is 10.1 Å². The molecule has 5 nitrogen and oxygen atoms in total. The predicted molar refractivity (Wildman–Crippen MR) is 105 cm³/mol. The average Bonchev–Trinajstić information content (AvgIpc) is 3.16. The fraction of sp³-hybridized carbons (Fsp3) is 0.300. The molecular weight excluding hydrogens is 396 g/mol. The van der Waals surface area contributed by atoms with E-state index in [1.165, 1.54) is 0 Å². The Hall–Kier alpha value is -2.34. The van der Waals surface area contributed by atoms with Gasteiger partial charge in [0.1, 0.15) is 5.75 Å². The molecule has 1 aliphatic rings. The molecule has 0 radical (unpaired) electrons. The second-order valence-electron chi connectivity index (χ2n) is 6.35. The lowest BCUT2D eigenvalue weighted by Gasteiger charge is -2.15. The van der Waals surface area contributed by atoms with Crippen LogP contribution in [0.25, 0.3) is 0 Å². The molecule has 1 saturated heterocycles. The largest absolute Gasteiger partial charge is 0.483 e. The summed E-state index contributed by atoms with van der Waals surface area (Å²) in [5.41, 5.74) is 2.39. The van der Waals surface area contributed by atoms with Crippen molar-refractivity contribution in [3.05, 3.63) is 58.1 Å². The molecular formula is C20H21BrN2O3. The number of benzene rings is 2. The first-order chi connectivity index (χ1) is 12.5. The van der Waals surface area contributed by atoms with E-state index in [1.807, 2.05) is 30.0 Å². The van der Waals surface area contributed by atoms with E-state index in [-0.39, 0.29) is 18.4 Å². The molecule has 6 heteroatoms. The molecule has 1 N–H and O–H groups in total. The number of nitrogens with zero attached hydrogens (tertiary/aromatic N) is 1. The molecule has 0 saturated carbocycles. The second kappa shape index (κ2) is 8.36. The van der Waals surface area contributed by atoms with Crippen molar-refractivity contribution in [2.24, 2.45) is 0 Å². The lowest BCUT2D eigenvalue weighted by molar-refractivity contribution is -0.118. The third-order valence-corrected chi connectivity index (χ3v) is 4.87. The van der Waals surface area contributed by atoms with Crippen molar-refractivity contribution in [3.63, 3.8) is 0 Å². The Balaban J connectivity index is 1.53. The molecule has 1 heterocycles. The number of carbonyl (C=O) groups excluding carboxylic acids is 2. The highest BCUT2D eigenvalue weighted by Gasteiger charge is 2.19. The van der Waals surface area contributed by atoms with Crippen LogP contribution in [0.15, 0.2) is 46.9 Å². The van der Waals surface area contributed by atoms with Crippen molar-refractivity contribution in [1.82, 2.24) is 4.90 Å². The molecule has 1 fully saturated rings. The number of nitrogens with one attached hydrogen (secondary N) is 1. The first-order valence-electron chi connectivity index (χ1n) is 8.61. The van der Waals surface area contributed by atoms with Gasteiger partial charge < -0.3 is 15.0 Å². The second-order valence-corrected chi connectivity index (χ2v) is 7.20. The Morgan fingerprint density at radius 3 is 2.46 bits per heavy atom. The molecule has 0 spiro atoms. The van der Waals surface area contributed by atoms with E-state index in [9.17, 15) is 9.59 Å². The molecule has 0 atom stereocenters. The van der Waals surface area contributed by atoms with Gasteiger partial charge in [-0.15, -0.1) is 0 Å². The number of halogens is 1. The number of carbonyl (C=O) groups is 2. The van der Waals surface area contributed by atoms with Crippen molar-refractivity contribution in [2.75, 3.05) is 25.0 Å². The summed E-state index contributed by atoms with van der Waals surface area (Å²) in [5.74, 6) is 0.418. The topological polar surface area (TPSA) is 58.6 Å². The Kier molecular flexibility index (Phi) is 5.93. The maximum Gasteiger partial charge on any atom is 0.262 e. The predicted octanol–water partition coefficient (Wildman–Crippen LogP) is 4.01. The van der Waals surface area contributed by atoms with Crippen LogP contribution in [-0.4, -0.2) is 36.4 Å². The molecule has 0 aliphatic carbocycles. The summed E-state index contributed by atoms with van der Waals surface area (Å²) >= 11 is 3.42. The van der Waals surface area contributed by atoms with Crippen molar-refractivity contribution < 1.29 is 14.3 Å². The number of ether oxygens (including phenoxy) is 1. The van der Waals surface area contributed by atoms with Crippen LogP contribution in [0.5, 0.6) is 5.75 Å². The molecule has 26 heavy (non-hydrogen) atoms. The fourth-order valence-corrected chi connectivity index (χ4v) is 3.47. The van der Waals surface area contributed by atoms with E-state index < -0.39 is 0 Å². The Labute approximate surface area is 161 Å². The molecule has 2 aromatic rings. The molecule has 136 valence electrons. The van der Waals surface area contributed by atoms with Gasteiger partial charge in [-0.1, -0.05) is 6.07 Å². The number of anilines is 1. The monoisotopic (exact) mass is 416 g/mol. The SMILES string of the molecule is Cc1ccc(OCC(=O)Nc2ccc(C(=O)N3CCCC3)cc2)c(Br)c1. The van der Waals surface area contributed by atoms with E-state index in [0.717, 1.165) is 36.0 Å². The zero-order valence-electron chi connectivity index (χ0n) is 14.6. The number of aryl methyl sites for hydroxylation is 1. The maximum absolute atomic E-state index is 12.3. The highest BCUT2D eigenvalue weighted by molar-refractivity contribution is 9.10. The van der Waals surface area contributed by atoms with Crippen molar-refractivity contribution >= 4 is 33.4 Å². The van der Waals surface area contributed by atoms with E-state index >= 15 is 0 Å². The summed E-state index contributed by atoms with van der Waals surface area (Å²) in [6, 6.07) is 12.6. The third-order valence-electron chi connectivity index (χ3n) is 4.26. The maximum atomic E-state index is 12.3. The Morgan fingerprint density at radius 1 is 1.12 bits per heavy atom. The van der Waals surface area contributed by atoms with Crippen LogP contribution in [-0.2, 0) is 4.79 Å². The van der Waals surface area contributed by atoms with Crippen LogP contribution >= 0.6 is 15.9 Å². The summed E-state index contributed by atoms with van der Waals surface area (Å²) in [4.78, 5) is 26.2. The lowest BCUT2D eigenvalue weighted by atomic mass is 10.2. The zero-order chi connectivity index (χ0) is 18.5. The molecule has 0 aromatic heterocycles. The first kappa shape index (κ1) is 18.5. The molecule has 2 aromatic carbocycles. The fourth-order valence-electron chi connectivity index (χ4n) is 2.86. The lowest BCUT2D eigenvalue weighted by Crippen LogP contribution is -2.27. The van der Waals surface area contributed by atoms with Gasteiger partial charge >= 0.3 is 0 Å². The van der Waals surface area contributed by atoms with Gasteiger partial charge in [0, 0.05) is 24.3 Å². The van der Waals surface area contributed by atoms with Crippen molar-refractivity contribution in [2.45, 2.75) is 19.8 Å². The standard InChI is InChI=1S/C20H21BrN2O3/c1-14-4-9-18(17(21)12-14)26-13-19(24)22-16-7-5-15(6-8-16)20(25)23-10-2-3-11-23/h4-9,12H,2-3,10-11,13H2,1H3,(H,22,24). The minimum Gasteiger partial charge on any atom is -0.483 e. The van der Waals surface area contributed by atoms with Crippen LogP contribution in [0, 0.1) is 6.92 Å². The first-order valence-corrected chi connectivity index (χ1v) is 9.40. The summed E-state index contributed by atoms with van der Waals surface area (Å²) < 4.78 is 6.35. The highest BCUT2D eigenvalue weighted by atomic mass is 79.9. The molecule has 2 amide bonds. The van der Waals surface area contributed by atoms with Crippen molar-refractivity contribution in [1.29, 1.82) is 0 Å². The van der Waals surface area contributed by atoms with E-state index in [4.69, 9.17) is 4.74 Å². The van der Waals surface area contributed by atoms with Crippen LogP contribution in [0.2, 0.25) is 0 Å². The number of rotatable bonds is 5. The normalized spacial score (nSPS) is 13.5. The van der Waals surface area contributed by atoms with Crippen LogP contribution in [0.4, 0.5) is 5.69 Å². The number of amides is 2. The molecule has 1 aliphatic heterocycles. The number of hydrogen-bond donors (Lipinski definition) is 1. The average molecular weight is 417 g/mol. The number of hydrogen-bond acceptors (Lipinski definition) is 3. The Bertz CT molecular complexity index is 799.